The van der Waals surface area contributed by atoms with Crippen LogP contribution in [0.4, 0.5) is 26.0 Å². The Morgan fingerprint density at radius 2 is 1.86 bits per heavy atom. The van der Waals surface area contributed by atoms with Crippen LogP contribution in [0.5, 0.6) is 11.5 Å². The first-order valence-electron chi connectivity index (χ1n) is 10.7. The summed E-state index contributed by atoms with van der Waals surface area (Å²) in [4.78, 5) is 16.5. The third kappa shape index (κ3) is 4.73. The van der Waals surface area contributed by atoms with E-state index in [2.05, 4.69) is 22.2 Å². The number of thiophene rings is 1. The third-order valence-corrected chi connectivity index (χ3v) is 6.68. The van der Waals surface area contributed by atoms with E-state index in [1.54, 1.807) is 24.4 Å². The molecule has 0 radical (unpaired) electrons. The topological polar surface area (TPSA) is 92.7 Å². The van der Waals surface area contributed by atoms with Gasteiger partial charge in [-0.05, 0) is 42.1 Å². The molecule has 10 heteroatoms. The minimum absolute atomic E-state index is 0.242. The molecular formula is C26H23F2N3O4S. The van der Waals surface area contributed by atoms with Crippen molar-refractivity contribution in [1.29, 1.82) is 0 Å². The van der Waals surface area contributed by atoms with Gasteiger partial charge in [0.25, 0.3) is 0 Å². The van der Waals surface area contributed by atoms with Gasteiger partial charge < -0.3 is 25.2 Å². The molecular weight excluding hydrogens is 488 g/mol. The van der Waals surface area contributed by atoms with Crippen LogP contribution in [0, 0.1) is 18.6 Å². The van der Waals surface area contributed by atoms with Gasteiger partial charge >= 0.3 is 0 Å². The van der Waals surface area contributed by atoms with Gasteiger partial charge in [-0.3, -0.25) is 4.79 Å². The second kappa shape index (κ2) is 10.3. The van der Waals surface area contributed by atoms with Gasteiger partial charge in [0.05, 0.1) is 35.9 Å². The van der Waals surface area contributed by atoms with Crippen molar-refractivity contribution in [1.82, 2.24) is 4.98 Å². The number of anilines is 3. The summed E-state index contributed by atoms with van der Waals surface area (Å²) >= 11 is 1.15. The molecule has 0 aliphatic rings. The molecule has 1 amide bonds. The normalized spacial score (nSPS) is 11.7. The molecule has 186 valence electrons. The van der Waals surface area contributed by atoms with Crippen LogP contribution in [0.2, 0.25) is 0 Å². The van der Waals surface area contributed by atoms with Crippen molar-refractivity contribution >= 4 is 44.5 Å². The van der Waals surface area contributed by atoms with Gasteiger partial charge in [0.15, 0.2) is 23.1 Å². The van der Waals surface area contributed by atoms with Crippen LogP contribution in [0.3, 0.4) is 0 Å². The van der Waals surface area contributed by atoms with Crippen molar-refractivity contribution in [3.8, 4) is 11.5 Å². The quantitative estimate of drug-likeness (QED) is 0.257. The predicted octanol–water partition coefficient (Wildman–Crippen LogP) is 5.85. The highest BCUT2D eigenvalue weighted by Crippen LogP contribution is 2.40. The zero-order chi connectivity index (χ0) is 26.0. The number of carbonyl (C=O) groups excluding carboxylic acids is 1. The molecule has 0 spiro atoms. The lowest BCUT2D eigenvalue weighted by molar-refractivity contribution is -0.111. The number of amides is 1. The molecule has 3 N–H and O–H groups in total. The van der Waals surface area contributed by atoms with Crippen LogP contribution >= 0.6 is 11.3 Å². The number of nitrogens with one attached hydrogen (secondary N) is 2. The molecule has 1 atom stereocenters. The monoisotopic (exact) mass is 511 g/mol. The third-order valence-electron chi connectivity index (χ3n) is 5.54. The Bertz CT molecular complexity index is 1440. The van der Waals surface area contributed by atoms with Gasteiger partial charge in [-0.25, -0.2) is 13.8 Å². The number of para-hydroxylation sites is 1. The van der Waals surface area contributed by atoms with E-state index >= 15 is 0 Å². The van der Waals surface area contributed by atoms with Crippen molar-refractivity contribution in [3.63, 3.8) is 0 Å². The molecule has 2 heterocycles. The molecule has 4 aromatic rings. The van der Waals surface area contributed by atoms with Crippen LogP contribution in [-0.2, 0) is 4.79 Å². The Morgan fingerprint density at radius 1 is 1.17 bits per heavy atom. The van der Waals surface area contributed by atoms with Crippen LogP contribution in [0.15, 0.2) is 55.3 Å². The number of benzene rings is 2. The van der Waals surface area contributed by atoms with Crippen molar-refractivity contribution in [3.05, 3.63) is 82.9 Å². The fourth-order valence-electron chi connectivity index (χ4n) is 3.71. The van der Waals surface area contributed by atoms with E-state index in [0.717, 1.165) is 23.0 Å². The SMILES string of the molecule is C=CC(=O)Nc1cccc(C)c1Nc1cc2cc(C(O)c3c(F)c(OC)cc(OC)c3F)sc2cn1. The van der Waals surface area contributed by atoms with Crippen molar-refractivity contribution in [2.75, 3.05) is 24.9 Å². The number of methoxy groups -OCH3 is 2. The highest BCUT2D eigenvalue weighted by Gasteiger charge is 2.28. The van der Waals surface area contributed by atoms with Crippen molar-refractivity contribution < 1.29 is 28.2 Å². The number of aliphatic hydroxyl groups excluding tert-OH is 1. The summed E-state index contributed by atoms with van der Waals surface area (Å²) in [5.74, 6) is -2.37. The van der Waals surface area contributed by atoms with E-state index in [1.807, 2.05) is 19.1 Å². The Balaban J connectivity index is 1.70. The summed E-state index contributed by atoms with van der Waals surface area (Å²) in [6.45, 7) is 5.35. The molecule has 36 heavy (non-hydrogen) atoms. The standard InChI is InChI=1S/C26H23F2N3O4S/c1-5-21(32)30-15-8-6-7-13(2)25(15)31-20-10-14-9-18(36-19(14)12-29-20)26(33)22-23(27)16(34-3)11-17(35-4)24(22)28/h5-12,26,33H,1H2,2-4H3,(H,29,31)(H,30,32). The van der Waals surface area contributed by atoms with Crippen LogP contribution < -0.4 is 20.1 Å². The first-order valence-corrected chi connectivity index (χ1v) is 11.6. The number of nitrogens with zero attached hydrogens (tertiary/aromatic N) is 1. The van der Waals surface area contributed by atoms with Crippen molar-refractivity contribution in [2.24, 2.45) is 0 Å². The molecule has 2 aromatic carbocycles. The van der Waals surface area contributed by atoms with Crippen LogP contribution in [0.1, 0.15) is 22.1 Å². The first-order chi connectivity index (χ1) is 17.3. The molecule has 4 rings (SSSR count). The van der Waals surface area contributed by atoms with E-state index in [-0.39, 0.29) is 17.4 Å². The number of aryl methyl sites for hydroxylation is 1. The number of hydrogen-bond acceptors (Lipinski definition) is 7. The second-order valence-electron chi connectivity index (χ2n) is 7.80. The van der Waals surface area contributed by atoms with E-state index < -0.39 is 23.3 Å². The number of halogens is 2. The van der Waals surface area contributed by atoms with E-state index in [4.69, 9.17) is 9.47 Å². The minimum Gasteiger partial charge on any atom is -0.494 e. The zero-order valence-electron chi connectivity index (χ0n) is 19.7. The lowest BCUT2D eigenvalue weighted by Gasteiger charge is -2.16. The average molecular weight is 512 g/mol. The molecule has 0 aliphatic heterocycles. The smallest absolute Gasteiger partial charge is 0.247 e. The maximum absolute atomic E-state index is 14.9. The maximum Gasteiger partial charge on any atom is 0.247 e. The number of carbonyl (C=O) groups is 1. The highest BCUT2D eigenvalue weighted by molar-refractivity contribution is 7.19. The van der Waals surface area contributed by atoms with E-state index in [9.17, 15) is 18.7 Å². The Hall–Kier alpha value is -4.02. The summed E-state index contributed by atoms with van der Waals surface area (Å²) in [5.41, 5.74) is 1.52. The van der Waals surface area contributed by atoms with Gasteiger partial charge in [-0.2, -0.15) is 0 Å². The number of hydrogen-bond donors (Lipinski definition) is 3. The Kier molecular flexibility index (Phi) is 7.18. The molecule has 0 saturated carbocycles. The minimum atomic E-state index is -1.60. The first kappa shape index (κ1) is 25.1. The fraction of sp³-hybridized carbons (Fsp3) is 0.154. The van der Waals surface area contributed by atoms with Crippen LogP contribution in [-0.4, -0.2) is 30.2 Å². The average Bonchev–Trinajstić information content (AvgIpc) is 3.30. The Morgan fingerprint density at radius 3 is 2.50 bits per heavy atom. The van der Waals surface area contributed by atoms with Gasteiger partial charge in [-0.15, -0.1) is 11.3 Å². The number of pyridine rings is 1. The van der Waals surface area contributed by atoms with Gasteiger partial charge in [0.1, 0.15) is 11.9 Å². The van der Waals surface area contributed by atoms with Crippen LogP contribution in [0.25, 0.3) is 10.1 Å². The van der Waals surface area contributed by atoms with E-state index in [1.165, 1.54) is 20.3 Å². The lowest BCUT2D eigenvalue weighted by Crippen LogP contribution is -2.10. The summed E-state index contributed by atoms with van der Waals surface area (Å²) in [5, 5.41) is 17.6. The number of ether oxygens (including phenoxy) is 2. The van der Waals surface area contributed by atoms with Gasteiger partial charge in [0, 0.05) is 17.1 Å². The predicted molar refractivity (Wildman–Crippen MR) is 136 cm³/mol. The highest BCUT2D eigenvalue weighted by atomic mass is 32.1. The summed E-state index contributed by atoms with van der Waals surface area (Å²) in [7, 11) is 2.49. The van der Waals surface area contributed by atoms with Crippen molar-refractivity contribution in [2.45, 2.75) is 13.0 Å². The molecule has 0 aliphatic carbocycles. The molecule has 2 aromatic heterocycles. The van der Waals surface area contributed by atoms with E-state index in [0.29, 0.717) is 32.2 Å². The molecule has 7 nitrogen and oxygen atoms in total. The number of rotatable bonds is 8. The summed E-state index contributed by atoms with van der Waals surface area (Å²) < 4.78 is 40.5. The summed E-state index contributed by atoms with van der Waals surface area (Å²) in [6.07, 6.45) is 1.18. The van der Waals surface area contributed by atoms with Gasteiger partial charge in [-0.1, -0.05) is 18.7 Å². The maximum atomic E-state index is 14.9. The largest absolute Gasteiger partial charge is 0.494 e. The number of aromatic nitrogens is 1. The number of aliphatic hydroxyl groups is 1. The summed E-state index contributed by atoms with van der Waals surface area (Å²) in [6, 6.07) is 9.92. The Labute approximate surface area is 210 Å². The molecule has 0 saturated heterocycles. The zero-order valence-corrected chi connectivity index (χ0v) is 20.5. The molecule has 0 bridgehead atoms. The number of fused-ring (bicyclic) bond motifs is 1. The molecule has 1 unspecified atom stereocenters. The fourth-order valence-corrected chi connectivity index (χ4v) is 4.72. The van der Waals surface area contributed by atoms with Gasteiger partial charge in [0.2, 0.25) is 5.91 Å². The second-order valence-corrected chi connectivity index (χ2v) is 8.91. The molecule has 0 fully saturated rings. The lowest BCUT2D eigenvalue weighted by atomic mass is 10.0.